The summed E-state index contributed by atoms with van der Waals surface area (Å²) in [6.45, 7) is 2.88. The van der Waals surface area contributed by atoms with Crippen LogP contribution in [0.15, 0.2) is 0 Å². The summed E-state index contributed by atoms with van der Waals surface area (Å²) in [6, 6.07) is 0. The third-order valence-electron chi connectivity index (χ3n) is 1.37. The number of aliphatic hydroxyl groups is 2. The van der Waals surface area contributed by atoms with Crippen LogP contribution < -0.4 is 0 Å². The molecule has 0 unspecified atom stereocenters. The number of Topliss-reactive ketones (excluding diaryl/α,β-unsaturated/α-hetero) is 2. The quantitative estimate of drug-likeness (QED) is 0.374. The van der Waals surface area contributed by atoms with E-state index in [-0.39, 0.29) is 37.6 Å². The molecular formula is C12H22O8. The highest BCUT2D eigenvalue weighted by molar-refractivity contribution is 5.93. The van der Waals surface area contributed by atoms with E-state index in [1.807, 2.05) is 0 Å². The topological polar surface area (TPSA) is 149 Å². The second-order valence-electron chi connectivity index (χ2n) is 3.70. The predicted octanol–water partition coefficient (Wildman–Crippen LogP) is -0.149. The molecule has 4 N–H and O–H groups in total. The zero-order chi connectivity index (χ0) is 16.6. The molecule has 0 aromatic carbocycles. The first kappa shape index (κ1) is 23.3. The van der Waals surface area contributed by atoms with Gasteiger partial charge in [0.1, 0.15) is 24.4 Å². The first-order chi connectivity index (χ1) is 9.17. The van der Waals surface area contributed by atoms with E-state index in [4.69, 9.17) is 20.4 Å². The highest BCUT2D eigenvalue weighted by atomic mass is 16.4. The molecule has 0 aliphatic carbocycles. The molecule has 8 heteroatoms. The van der Waals surface area contributed by atoms with E-state index >= 15 is 0 Å². The second-order valence-corrected chi connectivity index (χ2v) is 3.70. The van der Waals surface area contributed by atoms with Gasteiger partial charge in [-0.2, -0.15) is 0 Å². The molecule has 0 atom stereocenters. The lowest BCUT2D eigenvalue weighted by Gasteiger charge is -1.85. The summed E-state index contributed by atoms with van der Waals surface area (Å²) in [5.74, 6) is -2.75. The van der Waals surface area contributed by atoms with Crippen molar-refractivity contribution >= 4 is 23.5 Å². The Balaban J connectivity index is -0.000000218. The van der Waals surface area contributed by atoms with E-state index in [1.165, 1.54) is 13.8 Å². The molecule has 0 amide bonds. The minimum Gasteiger partial charge on any atom is -0.481 e. The molecule has 0 spiro atoms. The molecular weight excluding hydrogens is 272 g/mol. The molecule has 0 aromatic rings. The van der Waals surface area contributed by atoms with Crippen molar-refractivity contribution in [1.29, 1.82) is 0 Å². The first-order valence-electron chi connectivity index (χ1n) is 5.81. The average Bonchev–Trinajstić information content (AvgIpc) is 2.24. The highest BCUT2D eigenvalue weighted by Gasteiger charge is 1.98. The zero-order valence-corrected chi connectivity index (χ0v) is 11.7. The van der Waals surface area contributed by atoms with Gasteiger partial charge >= 0.3 is 11.9 Å². The fraction of sp³-hybridized carbons (Fsp3) is 0.667. The van der Waals surface area contributed by atoms with Crippen molar-refractivity contribution in [3.63, 3.8) is 0 Å². The third-order valence-corrected chi connectivity index (χ3v) is 1.37. The van der Waals surface area contributed by atoms with Crippen LogP contribution in [0.3, 0.4) is 0 Å². The predicted molar refractivity (Wildman–Crippen MR) is 69.3 cm³/mol. The molecule has 0 aliphatic heterocycles. The van der Waals surface area contributed by atoms with Gasteiger partial charge in [0.25, 0.3) is 0 Å². The molecule has 0 rings (SSSR count). The molecule has 20 heavy (non-hydrogen) atoms. The van der Waals surface area contributed by atoms with Crippen LogP contribution >= 0.6 is 0 Å². The van der Waals surface area contributed by atoms with Gasteiger partial charge < -0.3 is 20.4 Å². The van der Waals surface area contributed by atoms with Crippen LogP contribution in [0.25, 0.3) is 0 Å². The van der Waals surface area contributed by atoms with E-state index in [1.54, 1.807) is 0 Å². The van der Waals surface area contributed by atoms with Crippen LogP contribution in [0.4, 0.5) is 0 Å². The van der Waals surface area contributed by atoms with Crippen LogP contribution in [0.5, 0.6) is 0 Å². The summed E-state index contributed by atoms with van der Waals surface area (Å²) in [4.78, 5) is 38.9. The van der Waals surface area contributed by atoms with Gasteiger partial charge in [-0.05, 0) is 26.7 Å². The van der Waals surface area contributed by atoms with Crippen molar-refractivity contribution < 1.29 is 39.6 Å². The fourth-order valence-corrected chi connectivity index (χ4v) is 0.650. The monoisotopic (exact) mass is 294 g/mol. The van der Waals surface area contributed by atoms with Crippen LogP contribution in [-0.4, -0.2) is 57.1 Å². The Morgan fingerprint density at radius 2 is 0.950 bits per heavy atom. The Bertz CT molecular complexity index is 244. The van der Waals surface area contributed by atoms with E-state index in [0.717, 1.165) is 12.8 Å². The van der Waals surface area contributed by atoms with Crippen molar-refractivity contribution in [2.75, 3.05) is 13.2 Å². The molecule has 0 aliphatic rings. The minimum atomic E-state index is -1.06. The SMILES string of the molecule is CC(=O)CC(=O)O.CC(=O)CC(=O)O.OCCCCO. The molecule has 0 saturated carbocycles. The first-order valence-corrected chi connectivity index (χ1v) is 5.81. The van der Waals surface area contributed by atoms with Gasteiger partial charge in [-0.15, -0.1) is 0 Å². The Morgan fingerprint density at radius 3 is 1.00 bits per heavy atom. The smallest absolute Gasteiger partial charge is 0.310 e. The number of ketones is 2. The normalized spacial score (nSPS) is 8.40. The number of carboxylic acids is 2. The van der Waals surface area contributed by atoms with Gasteiger partial charge in [0.05, 0.1) is 0 Å². The van der Waals surface area contributed by atoms with Crippen molar-refractivity contribution in [2.24, 2.45) is 0 Å². The van der Waals surface area contributed by atoms with E-state index in [2.05, 4.69) is 0 Å². The lowest BCUT2D eigenvalue weighted by molar-refractivity contribution is -0.141. The number of hydrogen-bond donors (Lipinski definition) is 4. The summed E-state index contributed by atoms with van der Waals surface area (Å²) in [6.07, 6.45) is 0.715. The standard InChI is InChI=1S/2C4H6O3.C4H10O2/c2*1-3(5)2-4(6)7;5-3-1-2-4-6/h2*2H2,1H3,(H,6,7);5-6H,1-4H2. The Morgan fingerprint density at radius 1 is 0.700 bits per heavy atom. The highest BCUT2D eigenvalue weighted by Crippen LogP contribution is 1.80. The van der Waals surface area contributed by atoms with Gasteiger partial charge in [-0.25, -0.2) is 0 Å². The third kappa shape index (κ3) is 44.2. The number of carboxylic acid groups (broad SMARTS) is 2. The summed E-state index contributed by atoms with van der Waals surface area (Å²) >= 11 is 0. The fourth-order valence-electron chi connectivity index (χ4n) is 0.650. The molecule has 0 fully saturated rings. The molecule has 0 heterocycles. The summed E-state index contributed by atoms with van der Waals surface area (Å²) < 4.78 is 0. The maximum Gasteiger partial charge on any atom is 0.310 e. The number of rotatable bonds is 7. The van der Waals surface area contributed by atoms with Gasteiger partial charge in [-0.1, -0.05) is 0 Å². The van der Waals surface area contributed by atoms with Gasteiger partial charge in [0.15, 0.2) is 0 Å². The number of hydrogen-bond acceptors (Lipinski definition) is 6. The molecule has 0 aromatic heterocycles. The molecule has 0 bridgehead atoms. The van der Waals surface area contributed by atoms with Gasteiger partial charge in [0.2, 0.25) is 0 Å². The summed E-state index contributed by atoms with van der Waals surface area (Å²) in [7, 11) is 0. The average molecular weight is 294 g/mol. The number of aliphatic carboxylic acids is 2. The largest absolute Gasteiger partial charge is 0.481 e. The molecule has 0 radical (unpaired) electrons. The number of unbranched alkanes of at least 4 members (excludes halogenated alkanes) is 1. The van der Waals surface area contributed by atoms with Crippen LogP contribution in [-0.2, 0) is 19.2 Å². The zero-order valence-electron chi connectivity index (χ0n) is 11.7. The van der Waals surface area contributed by atoms with Crippen LogP contribution in [0.1, 0.15) is 39.5 Å². The number of carbonyl (C=O) groups excluding carboxylic acids is 2. The maximum absolute atomic E-state index is 9.87. The van der Waals surface area contributed by atoms with Gasteiger partial charge in [-0.3, -0.25) is 19.2 Å². The Kier molecular flexibility index (Phi) is 20.0. The second kappa shape index (κ2) is 17.2. The molecule has 8 nitrogen and oxygen atoms in total. The van der Waals surface area contributed by atoms with Crippen LogP contribution in [0.2, 0.25) is 0 Å². The molecule has 0 saturated heterocycles. The summed E-state index contributed by atoms with van der Waals surface area (Å²) in [5.41, 5.74) is 0. The maximum atomic E-state index is 9.87. The number of carbonyl (C=O) groups is 4. The van der Waals surface area contributed by atoms with Crippen molar-refractivity contribution in [3.8, 4) is 0 Å². The Hall–Kier alpha value is -1.80. The van der Waals surface area contributed by atoms with Crippen molar-refractivity contribution in [1.82, 2.24) is 0 Å². The van der Waals surface area contributed by atoms with E-state index in [0.29, 0.717) is 0 Å². The Labute approximate surface area is 117 Å². The van der Waals surface area contributed by atoms with Crippen molar-refractivity contribution in [3.05, 3.63) is 0 Å². The van der Waals surface area contributed by atoms with Crippen molar-refractivity contribution in [2.45, 2.75) is 39.5 Å². The number of aliphatic hydroxyl groups excluding tert-OH is 2. The minimum absolute atomic E-state index is 0.195. The van der Waals surface area contributed by atoms with E-state index < -0.39 is 11.9 Å². The van der Waals surface area contributed by atoms with Gasteiger partial charge in [0, 0.05) is 13.2 Å². The van der Waals surface area contributed by atoms with Crippen LogP contribution in [0, 0.1) is 0 Å². The molecule has 118 valence electrons. The lowest BCUT2D eigenvalue weighted by Crippen LogP contribution is -2.00. The summed E-state index contributed by atoms with van der Waals surface area (Å²) in [5, 5.41) is 31.9. The van der Waals surface area contributed by atoms with E-state index in [9.17, 15) is 19.2 Å². The lowest BCUT2D eigenvalue weighted by atomic mass is 10.3.